The molecule has 1 unspecified atom stereocenters. The zero-order valence-corrected chi connectivity index (χ0v) is 13.0. The maximum absolute atomic E-state index is 4.23. The van der Waals surface area contributed by atoms with Crippen LogP contribution >= 0.6 is 15.9 Å². The Labute approximate surface area is 123 Å². The third kappa shape index (κ3) is 4.18. The molecule has 2 rings (SSSR count). The highest BCUT2D eigenvalue weighted by Gasteiger charge is 2.12. The van der Waals surface area contributed by atoms with E-state index in [4.69, 9.17) is 0 Å². The molecule has 0 aliphatic carbocycles. The fourth-order valence-electron chi connectivity index (χ4n) is 2.30. The van der Waals surface area contributed by atoms with E-state index in [1.54, 1.807) is 0 Å². The van der Waals surface area contributed by atoms with Gasteiger partial charge in [0.05, 0.1) is 6.20 Å². The number of nitrogens with zero attached hydrogens (tertiary/aromatic N) is 2. The first-order valence-electron chi connectivity index (χ1n) is 6.63. The van der Waals surface area contributed by atoms with Crippen LogP contribution in [0.5, 0.6) is 0 Å². The molecule has 0 amide bonds. The van der Waals surface area contributed by atoms with Crippen molar-refractivity contribution in [3.8, 4) is 0 Å². The molecule has 1 N–H and O–H groups in total. The van der Waals surface area contributed by atoms with Crippen LogP contribution in [0.1, 0.15) is 18.1 Å². The summed E-state index contributed by atoms with van der Waals surface area (Å²) in [5.41, 5.74) is 2.62. The van der Waals surface area contributed by atoms with Gasteiger partial charge in [-0.3, -0.25) is 4.68 Å². The molecule has 2 aromatic rings. The summed E-state index contributed by atoms with van der Waals surface area (Å²) in [6.07, 6.45) is 6.06. The van der Waals surface area contributed by atoms with Crippen molar-refractivity contribution < 1.29 is 0 Å². The zero-order valence-electron chi connectivity index (χ0n) is 11.4. The second-order valence-electron chi connectivity index (χ2n) is 4.78. The smallest absolute Gasteiger partial charge is 0.0522 e. The quantitative estimate of drug-likeness (QED) is 0.886. The van der Waals surface area contributed by atoms with Gasteiger partial charge in [-0.05, 0) is 36.6 Å². The summed E-state index contributed by atoms with van der Waals surface area (Å²) in [6, 6.07) is 8.86. The van der Waals surface area contributed by atoms with Gasteiger partial charge in [0, 0.05) is 23.8 Å². The third-order valence-electron chi connectivity index (χ3n) is 3.16. The van der Waals surface area contributed by atoms with Crippen LogP contribution in [0.15, 0.2) is 41.1 Å². The largest absolute Gasteiger partial charge is 0.314 e. The summed E-state index contributed by atoms with van der Waals surface area (Å²) in [5.74, 6) is 0. The Hall–Kier alpha value is -1.13. The molecule has 4 heteroatoms. The number of nitrogens with one attached hydrogen (secondary N) is 1. The van der Waals surface area contributed by atoms with Crippen molar-refractivity contribution in [2.45, 2.75) is 25.8 Å². The number of rotatable bonds is 6. The molecule has 19 heavy (non-hydrogen) atoms. The molecule has 0 bridgehead atoms. The van der Waals surface area contributed by atoms with E-state index in [1.807, 2.05) is 17.9 Å². The van der Waals surface area contributed by atoms with Gasteiger partial charge in [0.25, 0.3) is 0 Å². The van der Waals surface area contributed by atoms with Crippen molar-refractivity contribution in [3.05, 3.63) is 52.3 Å². The lowest BCUT2D eigenvalue weighted by atomic mass is 10.0. The molecule has 0 radical (unpaired) electrons. The number of halogens is 1. The first-order valence-corrected chi connectivity index (χ1v) is 7.42. The molecule has 1 atom stereocenters. The summed E-state index contributed by atoms with van der Waals surface area (Å²) >= 11 is 3.62. The summed E-state index contributed by atoms with van der Waals surface area (Å²) in [4.78, 5) is 0. The highest BCUT2D eigenvalue weighted by molar-refractivity contribution is 9.10. The molecule has 0 fully saturated rings. The van der Waals surface area contributed by atoms with Crippen LogP contribution in [-0.2, 0) is 19.9 Å². The maximum atomic E-state index is 4.23. The van der Waals surface area contributed by atoms with Gasteiger partial charge in [-0.15, -0.1) is 0 Å². The number of aromatic nitrogens is 2. The summed E-state index contributed by atoms with van der Waals surface area (Å²) in [6.45, 7) is 3.13. The van der Waals surface area contributed by atoms with E-state index in [0.29, 0.717) is 6.04 Å². The Morgan fingerprint density at radius 1 is 1.32 bits per heavy atom. The van der Waals surface area contributed by atoms with E-state index in [0.717, 1.165) is 19.4 Å². The fourth-order valence-corrected chi connectivity index (χ4v) is 2.74. The Kier molecular flexibility index (Phi) is 5.16. The van der Waals surface area contributed by atoms with Crippen LogP contribution < -0.4 is 5.32 Å². The van der Waals surface area contributed by atoms with Crippen LogP contribution in [0.2, 0.25) is 0 Å². The minimum absolute atomic E-state index is 0.438. The van der Waals surface area contributed by atoms with Gasteiger partial charge in [0.2, 0.25) is 0 Å². The molecular formula is C15H20BrN3. The average Bonchev–Trinajstić information content (AvgIpc) is 2.78. The van der Waals surface area contributed by atoms with Gasteiger partial charge < -0.3 is 5.32 Å². The minimum atomic E-state index is 0.438. The van der Waals surface area contributed by atoms with Crippen molar-refractivity contribution in [1.82, 2.24) is 15.1 Å². The van der Waals surface area contributed by atoms with Crippen LogP contribution in [0.4, 0.5) is 0 Å². The van der Waals surface area contributed by atoms with Crippen molar-refractivity contribution in [3.63, 3.8) is 0 Å². The predicted molar refractivity (Wildman–Crippen MR) is 82.2 cm³/mol. The first kappa shape index (κ1) is 14.3. The Bertz CT molecular complexity index is 522. The van der Waals surface area contributed by atoms with Crippen molar-refractivity contribution in [2.24, 2.45) is 7.05 Å². The van der Waals surface area contributed by atoms with Gasteiger partial charge in [0.1, 0.15) is 0 Å². The molecular weight excluding hydrogens is 302 g/mol. The maximum Gasteiger partial charge on any atom is 0.0522 e. The van der Waals surface area contributed by atoms with Crippen molar-refractivity contribution >= 4 is 15.9 Å². The topological polar surface area (TPSA) is 29.9 Å². The second kappa shape index (κ2) is 6.87. The van der Waals surface area contributed by atoms with Crippen LogP contribution in [0.25, 0.3) is 0 Å². The number of benzene rings is 1. The normalized spacial score (nSPS) is 12.6. The molecule has 102 valence electrons. The standard InChI is InChI=1S/C15H20BrN3/c1-3-17-14(8-12-10-18-19(2)11-12)9-13-6-4-5-7-15(13)16/h4-7,10-11,14,17H,3,8-9H2,1-2H3. The molecule has 1 aromatic carbocycles. The fraction of sp³-hybridized carbons (Fsp3) is 0.400. The SMILES string of the molecule is CCNC(Cc1cnn(C)c1)Cc1ccccc1Br. The molecule has 1 aromatic heterocycles. The molecule has 3 nitrogen and oxygen atoms in total. The molecule has 0 saturated carbocycles. The van der Waals surface area contributed by atoms with E-state index in [2.05, 4.69) is 63.7 Å². The van der Waals surface area contributed by atoms with Gasteiger partial charge >= 0.3 is 0 Å². The van der Waals surface area contributed by atoms with Crippen LogP contribution in [0, 0.1) is 0 Å². The van der Waals surface area contributed by atoms with Gasteiger partial charge in [-0.25, -0.2) is 0 Å². The highest BCUT2D eigenvalue weighted by Crippen LogP contribution is 2.18. The van der Waals surface area contributed by atoms with E-state index in [1.165, 1.54) is 15.6 Å². The van der Waals surface area contributed by atoms with Crippen LogP contribution in [-0.4, -0.2) is 22.4 Å². The van der Waals surface area contributed by atoms with E-state index >= 15 is 0 Å². The molecule has 0 aliphatic heterocycles. The molecule has 0 spiro atoms. The number of aryl methyl sites for hydroxylation is 1. The summed E-state index contributed by atoms with van der Waals surface area (Å²) in [5, 5.41) is 7.79. The van der Waals surface area contributed by atoms with Gasteiger partial charge in [0.15, 0.2) is 0 Å². The van der Waals surface area contributed by atoms with E-state index in [-0.39, 0.29) is 0 Å². The first-order chi connectivity index (χ1) is 9.19. The van der Waals surface area contributed by atoms with E-state index < -0.39 is 0 Å². The van der Waals surface area contributed by atoms with Crippen molar-refractivity contribution in [2.75, 3.05) is 6.54 Å². The molecule has 0 saturated heterocycles. The molecule has 0 aliphatic rings. The lowest BCUT2D eigenvalue weighted by Gasteiger charge is -2.18. The number of hydrogen-bond donors (Lipinski definition) is 1. The highest BCUT2D eigenvalue weighted by atomic mass is 79.9. The zero-order chi connectivity index (χ0) is 13.7. The summed E-state index contributed by atoms with van der Waals surface area (Å²) < 4.78 is 3.04. The Balaban J connectivity index is 2.06. The molecule has 1 heterocycles. The third-order valence-corrected chi connectivity index (χ3v) is 3.93. The van der Waals surface area contributed by atoms with Gasteiger partial charge in [-0.1, -0.05) is 41.1 Å². The lowest BCUT2D eigenvalue weighted by Crippen LogP contribution is -2.33. The minimum Gasteiger partial charge on any atom is -0.314 e. The van der Waals surface area contributed by atoms with Crippen molar-refractivity contribution in [1.29, 1.82) is 0 Å². The average molecular weight is 322 g/mol. The Morgan fingerprint density at radius 2 is 2.11 bits per heavy atom. The summed E-state index contributed by atoms with van der Waals surface area (Å²) in [7, 11) is 1.96. The second-order valence-corrected chi connectivity index (χ2v) is 5.63. The Morgan fingerprint density at radius 3 is 2.74 bits per heavy atom. The lowest BCUT2D eigenvalue weighted by molar-refractivity contribution is 0.520. The van der Waals surface area contributed by atoms with E-state index in [9.17, 15) is 0 Å². The number of hydrogen-bond acceptors (Lipinski definition) is 2. The monoisotopic (exact) mass is 321 g/mol. The van der Waals surface area contributed by atoms with Gasteiger partial charge in [-0.2, -0.15) is 5.10 Å². The van der Waals surface area contributed by atoms with Crippen LogP contribution in [0.3, 0.4) is 0 Å². The number of likely N-dealkylation sites (N-methyl/N-ethyl adjacent to an activating group) is 1. The predicted octanol–water partition coefficient (Wildman–Crippen LogP) is 2.95.